The van der Waals surface area contributed by atoms with Crippen LogP contribution in [0, 0.1) is 0 Å². The van der Waals surface area contributed by atoms with Gasteiger partial charge in [-0.1, -0.05) is 91.5 Å². The fourth-order valence-corrected chi connectivity index (χ4v) is 7.09. The van der Waals surface area contributed by atoms with Crippen LogP contribution in [0.5, 0.6) is 0 Å². The molecule has 0 spiro atoms. The quantitative estimate of drug-likeness (QED) is 0.162. The Bertz CT molecular complexity index is 2610. The fraction of sp³-hybridized carbons (Fsp3) is 0.0217. The third kappa shape index (κ3) is 5.25. The first kappa shape index (κ1) is 31.0. The number of benzene rings is 6. The first-order chi connectivity index (χ1) is 25.7. The second-order valence-electron chi connectivity index (χ2n) is 12.6. The van der Waals surface area contributed by atoms with Crippen molar-refractivity contribution in [1.82, 2.24) is 28.7 Å². The fourth-order valence-electron chi connectivity index (χ4n) is 7.09. The molecule has 0 saturated heterocycles. The van der Waals surface area contributed by atoms with Crippen LogP contribution in [0.1, 0.15) is 18.3 Å². The molecule has 9 rings (SSSR count). The van der Waals surface area contributed by atoms with E-state index in [9.17, 15) is 0 Å². The maximum atomic E-state index is 5.28. The SMILES string of the molecule is C=Cc1c(/C=C\C)nc(-c2cc(-c3nc4ccccc4n3-c3ccccc3)cc(-c3nc4ccccc4n3-c3ccccc3)c2)n1-c1ccccc1. The summed E-state index contributed by atoms with van der Waals surface area (Å²) in [5, 5.41) is 0. The summed E-state index contributed by atoms with van der Waals surface area (Å²) < 4.78 is 6.66. The summed E-state index contributed by atoms with van der Waals surface area (Å²) >= 11 is 0. The first-order valence-corrected chi connectivity index (χ1v) is 17.4. The van der Waals surface area contributed by atoms with Gasteiger partial charge in [-0.15, -0.1) is 0 Å². The number of para-hydroxylation sites is 7. The van der Waals surface area contributed by atoms with Crippen LogP contribution in [-0.4, -0.2) is 28.7 Å². The van der Waals surface area contributed by atoms with Crippen LogP contribution < -0.4 is 0 Å². The molecule has 0 aliphatic rings. The van der Waals surface area contributed by atoms with Gasteiger partial charge in [0.1, 0.15) is 17.5 Å². The van der Waals surface area contributed by atoms with E-state index in [2.05, 4.69) is 136 Å². The van der Waals surface area contributed by atoms with Crippen LogP contribution in [0.15, 0.2) is 170 Å². The average molecular weight is 671 g/mol. The van der Waals surface area contributed by atoms with Crippen LogP contribution in [0.25, 0.3) is 85.4 Å². The molecular weight excluding hydrogens is 637 g/mol. The maximum absolute atomic E-state index is 5.28. The smallest absolute Gasteiger partial charge is 0.145 e. The third-order valence-corrected chi connectivity index (χ3v) is 9.33. The van der Waals surface area contributed by atoms with Gasteiger partial charge in [-0.25, -0.2) is 15.0 Å². The number of hydrogen-bond donors (Lipinski definition) is 0. The van der Waals surface area contributed by atoms with E-state index in [0.717, 1.165) is 84.7 Å². The lowest BCUT2D eigenvalue weighted by atomic mass is 10.0. The van der Waals surface area contributed by atoms with E-state index in [0.29, 0.717) is 0 Å². The molecule has 6 aromatic carbocycles. The summed E-state index contributed by atoms with van der Waals surface area (Å²) in [5.74, 6) is 2.45. The van der Waals surface area contributed by atoms with E-state index in [4.69, 9.17) is 15.0 Å². The van der Waals surface area contributed by atoms with E-state index in [1.807, 2.05) is 67.6 Å². The number of aromatic nitrogens is 6. The van der Waals surface area contributed by atoms with Gasteiger partial charge < -0.3 is 0 Å². The van der Waals surface area contributed by atoms with Crippen molar-refractivity contribution in [3.63, 3.8) is 0 Å². The molecule has 0 amide bonds. The Morgan fingerprint density at radius 1 is 0.462 bits per heavy atom. The maximum Gasteiger partial charge on any atom is 0.145 e. The van der Waals surface area contributed by atoms with Crippen molar-refractivity contribution < 1.29 is 0 Å². The minimum absolute atomic E-state index is 0.794. The van der Waals surface area contributed by atoms with E-state index < -0.39 is 0 Å². The number of fused-ring (bicyclic) bond motifs is 2. The molecule has 0 radical (unpaired) electrons. The Labute approximate surface area is 301 Å². The van der Waals surface area contributed by atoms with Gasteiger partial charge in [0.25, 0.3) is 0 Å². The topological polar surface area (TPSA) is 53.5 Å². The summed E-state index contributed by atoms with van der Waals surface area (Å²) in [6.45, 7) is 6.22. The van der Waals surface area contributed by atoms with E-state index in [1.165, 1.54) is 0 Å². The van der Waals surface area contributed by atoms with Crippen molar-refractivity contribution in [2.75, 3.05) is 0 Å². The van der Waals surface area contributed by atoms with Crippen molar-refractivity contribution in [2.24, 2.45) is 0 Å². The number of hydrogen-bond acceptors (Lipinski definition) is 3. The van der Waals surface area contributed by atoms with Crippen molar-refractivity contribution in [2.45, 2.75) is 6.92 Å². The third-order valence-electron chi connectivity index (χ3n) is 9.33. The van der Waals surface area contributed by atoms with Gasteiger partial charge >= 0.3 is 0 Å². The molecule has 0 fully saturated rings. The standard InChI is InChI=1S/C46H34N6/c1-3-18-38-41(4-2)50(35-19-8-5-9-20-35)44(47-38)32-29-33(45-48-39-25-14-16-27-42(39)51(45)36-21-10-6-11-22-36)31-34(30-32)46-49-40-26-15-17-28-43(40)52(46)37-23-12-7-13-24-37/h3-31H,2H2,1H3/b18-3-. The van der Waals surface area contributed by atoms with Gasteiger partial charge in [-0.05, 0) is 97.9 Å². The first-order valence-electron chi connectivity index (χ1n) is 17.4. The number of imidazole rings is 3. The lowest BCUT2D eigenvalue weighted by Gasteiger charge is -2.15. The van der Waals surface area contributed by atoms with Gasteiger partial charge in [0, 0.05) is 33.8 Å². The highest BCUT2D eigenvalue weighted by molar-refractivity contribution is 5.88. The molecule has 9 aromatic rings. The summed E-state index contributed by atoms with van der Waals surface area (Å²) in [4.78, 5) is 15.8. The molecule has 0 aliphatic carbocycles. The highest BCUT2D eigenvalue weighted by Gasteiger charge is 2.23. The lowest BCUT2D eigenvalue weighted by Crippen LogP contribution is -2.02. The number of allylic oxidation sites excluding steroid dienone is 1. The Hall–Kier alpha value is -7.05. The molecule has 0 N–H and O–H groups in total. The van der Waals surface area contributed by atoms with Gasteiger partial charge in [0.05, 0.1) is 33.5 Å². The predicted octanol–water partition coefficient (Wildman–Crippen LogP) is 11.2. The number of nitrogens with zero attached hydrogens (tertiary/aromatic N) is 6. The molecule has 0 saturated carbocycles. The molecule has 3 heterocycles. The van der Waals surface area contributed by atoms with Crippen LogP contribution >= 0.6 is 0 Å². The Morgan fingerprint density at radius 3 is 1.27 bits per heavy atom. The largest absolute Gasteiger partial charge is 0.292 e. The Balaban J connectivity index is 1.39. The van der Waals surface area contributed by atoms with E-state index >= 15 is 0 Å². The summed E-state index contributed by atoms with van der Waals surface area (Å²) in [5.41, 5.74) is 11.5. The summed E-state index contributed by atoms with van der Waals surface area (Å²) in [6, 6.07) is 54.4. The van der Waals surface area contributed by atoms with Gasteiger partial charge in [0.15, 0.2) is 0 Å². The second-order valence-corrected chi connectivity index (χ2v) is 12.6. The zero-order chi connectivity index (χ0) is 35.0. The molecular formula is C46H34N6. The molecule has 6 nitrogen and oxygen atoms in total. The summed E-state index contributed by atoms with van der Waals surface area (Å²) in [7, 11) is 0. The Kier molecular flexibility index (Phi) is 7.75. The zero-order valence-corrected chi connectivity index (χ0v) is 28.6. The Morgan fingerprint density at radius 2 is 0.846 bits per heavy atom. The van der Waals surface area contributed by atoms with Crippen molar-refractivity contribution in [3.05, 3.63) is 182 Å². The van der Waals surface area contributed by atoms with Crippen LogP contribution in [0.3, 0.4) is 0 Å². The minimum atomic E-state index is 0.794. The molecule has 3 aromatic heterocycles. The lowest BCUT2D eigenvalue weighted by molar-refractivity contribution is 1.05. The van der Waals surface area contributed by atoms with Gasteiger partial charge in [-0.3, -0.25) is 13.7 Å². The van der Waals surface area contributed by atoms with Crippen molar-refractivity contribution >= 4 is 34.2 Å². The molecule has 0 bridgehead atoms. The van der Waals surface area contributed by atoms with Crippen LogP contribution in [0.2, 0.25) is 0 Å². The van der Waals surface area contributed by atoms with Crippen LogP contribution in [0.4, 0.5) is 0 Å². The van der Waals surface area contributed by atoms with Crippen molar-refractivity contribution in [3.8, 4) is 51.2 Å². The van der Waals surface area contributed by atoms with E-state index in [1.54, 1.807) is 0 Å². The van der Waals surface area contributed by atoms with E-state index in [-0.39, 0.29) is 0 Å². The molecule has 52 heavy (non-hydrogen) atoms. The molecule has 0 atom stereocenters. The second kappa shape index (κ2) is 13.0. The normalized spacial score (nSPS) is 11.6. The highest BCUT2D eigenvalue weighted by atomic mass is 15.1. The zero-order valence-electron chi connectivity index (χ0n) is 28.6. The highest BCUT2D eigenvalue weighted by Crippen LogP contribution is 2.38. The van der Waals surface area contributed by atoms with Gasteiger partial charge in [0.2, 0.25) is 0 Å². The average Bonchev–Trinajstić information content (AvgIpc) is 3.91. The van der Waals surface area contributed by atoms with Crippen LogP contribution in [-0.2, 0) is 0 Å². The van der Waals surface area contributed by atoms with Gasteiger partial charge in [-0.2, -0.15) is 0 Å². The van der Waals surface area contributed by atoms with Crippen molar-refractivity contribution in [1.29, 1.82) is 0 Å². The molecule has 0 aliphatic heterocycles. The monoisotopic (exact) mass is 670 g/mol. The number of rotatable bonds is 8. The molecule has 0 unspecified atom stereocenters. The molecule has 248 valence electrons. The minimum Gasteiger partial charge on any atom is -0.292 e. The predicted molar refractivity (Wildman–Crippen MR) is 214 cm³/mol. The summed E-state index contributed by atoms with van der Waals surface area (Å²) in [6.07, 6.45) is 5.93. The molecule has 6 heteroatoms.